The Morgan fingerprint density at radius 1 is 1.31 bits per heavy atom. The SMILES string of the molecule is CN(C)C(=O)Nc1cccc(CNC(=O)[C@@]23CCCC[C@H]2CNC3)c1.Cl. The molecule has 0 radical (unpaired) electrons. The van der Waals surface area contributed by atoms with Crippen LogP contribution in [0.5, 0.6) is 0 Å². The van der Waals surface area contributed by atoms with Crippen LogP contribution in [0.4, 0.5) is 10.5 Å². The standard InChI is InChI=1S/C19H28N4O2.ClH/c1-23(2)18(25)22-16-8-5-6-14(10-16)11-21-17(24)19-9-4-3-7-15(19)12-20-13-19;/h5-6,8,10,15,20H,3-4,7,9,11-13H2,1-2H3,(H,21,24)(H,22,25);1H/t15-,19+;/m0./s1. The summed E-state index contributed by atoms with van der Waals surface area (Å²) >= 11 is 0. The Bertz CT molecular complexity index is 652. The Morgan fingerprint density at radius 3 is 2.88 bits per heavy atom. The molecule has 1 aliphatic heterocycles. The van der Waals surface area contributed by atoms with Gasteiger partial charge in [0.1, 0.15) is 0 Å². The largest absolute Gasteiger partial charge is 0.351 e. The highest BCUT2D eigenvalue weighted by Gasteiger charge is 2.49. The number of rotatable bonds is 4. The first-order valence-electron chi connectivity index (χ1n) is 9.07. The molecule has 26 heavy (non-hydrogen) atoms. The lowest BCUT2D eigenvalue weighted by molar-refractivity contribution is -0.134. The van der Waals surface area contributed by atoms with E-state index in [9.17, 15) is 9.59 Å². The number of amides is 3. The van der Waals surface area contributed by atoms with E-state index in [2.05, 4.69) is 16.0 Å². The van der Waals surface area contributed by atoms with E-state index in [0.29, 0.717) is 12.5 Å². The van der Waals surface area contributed by atoms with Gasteiger partial charge in [0, 0.05) is 32.9 Å². The summed E-state index contributed by atoms with van der Waals surface area (Å²) in [5.41, 5.74) is 1.50. The minimum atomic E-state index is -0.227. The molecule has 3 N–H and O–H groups in total. The van der Waals surface area contributed by atoms with Crippen molar-refractivity contribution in [3.63, 3.8) is 0 Å². The summed E-state index contributed by atoms with van der Waals surface area (Å²) < 4.78 is 0. The minimum Gasteiger partial charge on any atom is -0.351 e. The number of benzene rings is 1. The van der Waals surface area contributed by atoms with Crippen LogP contribution >= 0.6 is 12.4 Å². The monoisotopic (exact) mass is 380 g/mol. The molecule has 1 aromatic carbocycles. The molecule has 3 amide bonds. The van der Waals surface area contributed by atoms with E-state index in [1.165, 1.54) is 11.3 Å². The summed E-state index contributed by atoms with van der Waals surface area (Å²) in [6, 6.07) is 7.45. The number of carbonyl (C=O) groups is 2. The first-order chi connectivity index (χ1) is 12.0. The quantitative estimate of drug-likeness (QED) is 0.751. The third kappa shape index (κ3) is 4.30. The summed E-state index contributed by atoms with van der Waals surface area (Å²) in [6.45, 7) is 2.24. The maximum absolute atomic E-state index is 12.9. The van der Waals surface area contributed by atoms with Crippen molar-refractivity contribution >= 4 is 30.0 Å². The predicted octanol–water partition coefficient (Wildman–Crippen LogP) is 2.60. The average molecular weight is 381 g/mol. The number of hydrogen-bond donors (Lipinski definition) is 3. The molecular formula is C19H29ClN4O2. The molecule has 0 spiro atoms. The fourth-order valence-electron chi connectivity index (χ4n) is 4.04. The van der Waals surface area contributed by atoms with Crippen molar-refractivity contribution in [3.05, 3.63) is 29.8 Å². The first-order valence-corrected chi connectivity index (χ1v) is 9.07. The van der Waals surface area contributed by atoms with Crippen molar-refractivity contribution in [2.75, 3.05) is 32.5 Å². The number of fused-ring (bicyclic) bond motifs is 1. The molecule has 7 heteroatoms. The fraction of sp³-hybridized carbons (Fsp3) is 0.579. The molecule has 3 rings (SSSR count). The van der Waals surface area contributed by atoms with E-state index < -0.39 is 0 Å². The Balaban J connectivity index is 0.00000243. The Morgan fingerprint density at radius 2 is 2.12 bits per heavy atom. The van der Waals surface area contributed by atoms with Gasteiger partial charge >= 0.3 is 6.03 Å². The van der Waals surface area contributed by atoms with Crippen LogP contribution in [0.3, 0.4) is 0 Å². The number of hydrogen-bond acceptors (Lipinski definition) is 3. The Hall–Kier alpha value is -1.79. The van der Waals surface area contributed by atoms with Crippen LogP contribution in [-0.4, -0.2) is 44.0 Å². The van der Waals surface area contributed by atoms with Crippen molar-refractivity contribution in [1.29, 1.82) is 0 Å². The van der Waals surface area contributed by atoms with Crippen LogP contribution in [0.1, 0.15) is 31.2 Å². The van der Waals surface area contributed by atoms with Gasteiger partial charge in [0.2, 0.25) is 5.91 Å². The van der Waals surface area contributed by atoms with Crippen LogP contribution in [0.25, 0.3) is 0 Å². The number of nitrogens with one attached hydrogen (secondary N) is 3. The second kappa shape index (κ2) is 8.73. The van der Waals surface area contributed by atoms with Gasteiger partial charge in [-0.1, -0.05) is 25.0 Å². The van der Waals surface area contributed by atoms with Crippen molar-refractivity contribution in [2.24, 2.45) is 11.3 Å². The molecule has 2 atom stereocenters. The zero-order valence-electron chi connectivity index (χ0n) is 15.5. The maximum atomic E-state index is 12.9. The second-order valence-corrected chi connectivity index (χ2v) is 7.44. The lowest BCUT2D eigenvalue weighted by atomic mass is 9.67. The molecule has 1 saturated carbocycles. The van der Waals surface area contributed by atoms with Crippen molar-refractivity contribution in [2.45, 2.75) is 32.2 Å². The zero-order valence-corrected chi connectivity index (χ0v) is 16.3. The van der Waals surface area contributed by atoms with Gasteiger partial charge in [0.25, 0.3) is 0 Å². The van der Waals surface area contributed by atoms with Gasteiger partial charge in [0.05, 0.1) is 5.41 Å². The normalized spacial score (nSPS) is 24.2. The van der Waals surface area contributed by atoms with E-state index in [-0.39, 0.29) is 29.8 Å². The van der Waals surface area contributed by atoms with Crippen molar-refractivity contribution in [3.8, 4) is 0 Å². The molecule has 0 unspecified atom stereocenters. The zero-order chi connectivity index (χ0) is 17.9. The van der Waals surface area contributed by atoms with Crippen LogP contribution in [0.15, 0.2) is 24.3 Å². The smallest absolute Gasteiger partial charge is 0.321 e. The third-order valence-electron chi connectivity index (χ3n) is 5.53. The number of halogens is 1. The summed E-state index contributed by atoms with van der Waals surface area (Å²) in [7, 11) is 3.41. The summed E-state index contributed by atoms with van der Waals surface area (Å²) in [6.07, 6.45) is 4.49. The molecule has 2 aliphatic rings. The molecule has 2 fully saturated rings. The molecule has 6 nitrogen and oxygen atoms in total. The van der Waals surface area contributed by atoms with Crippen LogP contribution in [0.2, 0.25) is 0 Å². The van der Waals surface area contributed by atoms with Gasteiger partial charge in [-0.2, -0.15) is 0 Å². The molecular weight excluding hydrogens is 352 g/mol. The van der Waals surface area contributed by atoms with Crippen LogP contribution in [0, 0.1) is 11.3 Å². The number of nitrogens with zero attached hydrogens (tertiary/aromatic N) is 1. The van der Waals surface area contributed by atoms with Gasteiger partial charge in [-0.15, -0.1) is 12.4 Å². The lowest BCUT2D eigenvalue weighted by Crippen LogP contribution is -2.47. The topological polar surface area (TPSA) is 73.5 Å². The van der Waals surface area contributed by atoms with E-state index in [0.717, 1.165) is 43.6 Å². The maximum Gasteiger partial charge on any atom is 0.321 e. The highest BCUT2D eigenvalue weighted by molar-refractivity contribution is 5.89. The Labute approximate surface area is 161 Å². The number of urea groups is 1. The van der Waals surface area contributed by atoms with Crippen molar-refractivity contribution < 1.29 is 9.59 Å². The fourth-order valence-corrected chi connectivity index (χ4v) is 4.04. The van der Waals surface area contributed by atoms with Crippen LogP contribution < -0.4 is 16.0 Å². The molecule has 1 aromatic rings. The number of anilines is 1. The molecule has 0 aromatic heterocycles. The summed E-state index contributed by atoms with van der Waals surface area (Å²) in [5.74, 6) is 0.636. The highest BCUT2D eigenvalue weighted by Crippen LogP contribution is 2.43. The average Bonchev–Trinajstić information content (AvgIpc) is 3.05. The van der Waals surface area contributed by atoms with E-state index in [4.69, 9.17) is 0 Å². The molecule has 0 bridgehead atoms. The molecule has 1 saturated heterocycles. The van der Waals surface area contributed by atoms with Gasteiger partial charge in [-0.05, 0) is 43.0 Å². The molecule has 1 heterocycles. The Kier molecular flexibility index (Phi) is 6.89. The van der Waals surface area contributed by atoms with Gasteiger partial charge in [0.15, 0.2) is 0 Å². The van der Waals surface area contributed by atoms with Crippen molar-refractivity contribution in [1.82, 2.24) is 15.5 Å². The minimum absolute atomic E-state index is 0. The predicted molar refractivity (Wildman–Crippen MR) is 106 cm³/mol. The van der Waals surface area contributed by atoms with Gasteiger partial charge in [-0.25, -0.2) is 4.79 Å². The molecule has 1 aliphatic carbocycles. The highest BCUT2D eigenvalue weighted by atomic mass is 35.5. The second-order valence-electron chi connectivity index (χ2n) is 7.44. The lowest BCUT2D eigenvalue weighted by Gasteiger charge is -2.37. The van der Waals surface area contributed by atoms with Crippen LogP contribution in [-0.2, 0) is 11.3 Å². The van der Waals surface area contributed by atoms with Gasteiger partial charge in [-0.3, -0.25) is 4.79 Å². The number of carbonyl (C=O) groups excluding carboxylic acids is 2. The molecule has 144 valence electrons. The van der Waals surface area contributed by atoms with E-state index >= 15 is 0 Å². The first kappa shape index (κ1) is 20.5. The van der Waals surface area contributed by atoms with E-state index in [1.807, 2.05) is 24.3 Å². The summed E-state index contributed by atoms with van der Waals surface area (Å²) in [4.78, 5) is 26.1. The summed E-state index contributed by atoms with van der Waals surface area (Å²) in [5, 5.41) is 9.38. The van der Waals surface area contributed by atoms with E-state index in [1.54, 1.807) is 14.1 Å². The van der Waals surface area contributed by atoms with Gasteiger partial charge < -0.3 is 20.9 Å². The third-order valence-corrected chi connectivity index (χ3v) is 5.53.